The highest BCUT2D eigenvalue weighted by Crippen LogP contribution is 2.38. The number of nitrogens with zero attached hydrogens (tertiary/aromatic N) is 1. The van der Waals surface area contributed by atoms with Crippen LogP contribution in [0.4, 0.5) is 0 Å². The topological polar surface area (TPSA) is 20.3 Å². The van der Waals surface area contributed by atoms with Gasteiger partial charge in [-0.05, 0) is 29.7 Å². The normalized spacial score (nSPS) is 18.2. The van der Waals surface area contributed by atoms with E-state index in [1.54, 1.807) is 0 Å². The van der Waals surface area contributed by atoms with Crippen LogP contribution in [-0.4, -0.2) is 24.4 Å². The summed E-state index contributed by atoms with van der Waals surface area (Å²) in [6.45, 7) is 1.59. The summed E-state index contributed by atoms with van der Waals surface area (Å²) in [5.74, 6) is 0. The van der Waals surface area contributed by atoms with Gasteiger partial charge >= 0.3 is 0 Å². The number of carbonyl (C=O) groups excluding carboxylic acids is 1. The summed E-state index contributed by atoms with van der Waals surface area (Å²) in [4.78, 5) is 14.3. The van der Waals surface area contributed by atoms with E-state index in [0.29, 0.717) is 5.25 Å². The first-order valence-electron chi connectivity index (χ1n) is 6.85. The van der Waals surface area contributed by atoms with E-state index in [4.69, 9.17) is 0 Å². The van der Waals surface area contributed by atoms with Crippen LogP contribution in [0, 0.1) is 0 Å². The van der Waals surface area contributed by atoms with Crippen molar-refractivity contribution < 1.29 is 4.79 Å². The average Bonchev–Trinajstić information content (AvgIpc) is 2.68. The van der Waals surface area contributed by atoms with Gasteiger partial charge in [0, 0.05) is 18.0 Å². The van der Waals surface area contributed by atoms with Crippen molar-refractivity contribution in [3.05, 3.63) is 65.7 Å². The van der Waals surface area contributed by atoms with E-state index < -0.39 is 0 Å². The van der Waals surface area contributed by atoms with Gasteiger partial charge in [-0.1, -0.05) is 42.5 Å². The molecule has 1 amide bonds. The highest BCUT2D eigenvalue weighted by molar-refractivity contribution is 7.99. The van der Waals surface area contributed by atoms with Gasteiger partial charge < -0.3 is 4.90 Å². The summed E-state index contributed by atoms with van der Waals surface area (Å²) < 4.78 is 0. The molecule has 102 valence electrons. The molecule has 0 aromatic heterocycles. The van der Waals surface area contributed by atoms with Crippen molar-refractivity contribution in [1.29, 1.82) is 0 Å². The lowest BCUT2D eigenvalue weighted by molar-refractivity contribution is -0.118. The maximum absolute atomic E-state index is 11.2. The molecule has 0 radical (unpaired) electrons. The number of hydrogen-bond acceptors (Lipinski definition) is 2. The Hall–Kier alpha value is -1.74. The summed E-state index contributed by atoms with van der Waals surface area (Å²) in [6, 6.07) is 19.0. The van der Waals surface area contributed by atoms with Crippen LogP contribution < -0.4 is 0 Å². The molecule has 20 heavy (non-hydrogen) atoms. The Kier molecular flexibility index (Phi) is 4.07. The van der Waals surface area contributed by atoms with Gasteiger partial charge in [0.2, 0.25) is 6.41 Å². The van der Waals surface area contributed by atoms with Crippen LogP contribution in [0.2, 0.25) is 0 Å². The second kappa shape index (κ2) is 6.14. The monoisotopic (exact) mass is 283 g/mol. The number of thioether (sulfide) groups is 1. The van der Waals surface area contributed by atoms with Crippen LogP contribution in [0.25, 0.3) is 0 Å². The van der Waals surface area contributed by atoms with E-state index in [9.17, 15) is 4.79 Å². The van der Waals surface area contributed by atoms with Crippen molar-refractivity contribution in [3.8, 4) is 0 Å². The van der Waals surface area contributed by atoms with Gasteiger partial charge in [0.15, 0.2) is 0 Å². The Balaban J connectivity index is 1.91. The summed E-state index contributed by atoms with van der Waals surface area (Å²) in [7, 11) is 0. The van der Waals surface area contributed by atoms with E-state index in [1.165, 1.54) is 16.0 Å². The Morgan fingerprint density at radius 1 is 1.05 bits per heavy atom. The van der Waals surface area contributed by atoms with Crippen molar-refractivity contribution in [3.63, 3.8) is 0 Å². The standard InChI is InChI=1S/C17H17NOS/c19-13-18-11-10-14-6-4-5-9-16(14)17(12-18)20-15-7-2-1-3-8-15/h1-9,13,17H,10-12H2. The SMILES string of the molecule is O=CN1CCc2ccccc2C(Sc2ccccc2)C1. The molecule has 2 aromatic carbocycles. The maximum atomic E-state index is 11.2. The molecule has 1 aliphatic rings. The summed E-state index contributed by atoms with van der Waals surface area (Å²) in [5.41, 5.74) is 2.73. The molecule has 1 heterocycles. The maximum Gasteiger partial charge on any atom is 0.209 e. The third kappa shape index (κ3) is 2.88. The fourth-order valence-electron chi connectivity index (χ4n) is 2.60. The molecular weight excluding hydrogens is 266 g/mol. The third-order valence-electron chi connectivity index (χ3n) is 3.64. The molecule has 0 N–H and O–H groups in total. The second-order valence-corrected chi connectivity index (χ2v) is 6.24. The zero-order valence-corrected chi connectivity index (χ0v) is 12.1. The van der Waals surface area contributed by atoms with Gasteiger partial charge in [-0.2, -0.15) is 0 Å². The number of carbonyl (C=O) groups is 1. The lowest BCUT2D eigenvalue weighted by Gasteiger charge is -2.21. The minimum atomic E-state index is 0.307. The van der Waals surface area contributed by atoms with E-state index >= 15 is 0 Å². The molecule has 1 unspecified atom stereocenters. The lowest BCUT2D eigenvalue weighted by atomic mass is 10.0. The van der Waals surface area contributed by atoms with Crippen LogP contribution >= 0.6 is 11.8 Å². The van der Waals surface area contributed by atoms with Crippen molar-refractivity contribution >= 4 is 18.2 Å². The fourth-order valence-corrected chi connectivity index (χ4v) is 3.87. The Labute approximate surface area is 123 Å². The van der Waals surface area contributed by atoms with Gasteiger partial charge in [0.05, 0.1) is 5.25 Å². The Morgan fingerprint density at radius 2 is 1.80 bits per heavy atom. The van der Waals surface area contributed by atoms with Gasteiger partial charge in [0.1, 0.15) is 0 Å². The predicted octanol–water partition coefficient (Wildman–Crippen LogP) is 3.53. The van der Waals surface area contributed by atoms with Crippen LogP contribution in [0.3, 0.4) is 0 Å². The van der Waals surface area contributed by atoms with Gasteiger partial charge in [-0.3, -0.25) is 4.79 Å². The first-order chi connectivity index (χ1) is 9.86. The second-order valence-electron chi connectivity index (χ2n) is 4.97. The number of benzene rings is 2. The molecule has 0 bridgehead atoms. The molecule has 2 aromatic rings. The zero-order valence-electron chi connectivity index (χ0n) is 11.2. The largest absolute Gasteiger partial charge is 0.343 e. The fraction of sp³-hybridized carbons (Fsp3) is 0.235. The molecule has 0 fully saturated rings. The van der Waals surface area contributed by atoms with E-state index in [0.717, 1.165) is 25.9 Å². The molecule has 0 saturated heterocycles. The average molecular weight is 283 g/mol. The van der Waals surface area contributed by atoms with Crippen molar-refractivity contribution in [2.24, 2.45) is 0 Å². The van der Waals surface area contributed by atoms with Crippen LogP contribution in [0.15, 0.2) is 59.5 Å². The molecule has 1 aliphatic heterocycles. The van der Waals surface area contributed by atoms with Gasteiger partial charge in [0.25, 0.3) is 0 Å². The first kappa shape index (κ1) is 13.3. The van der Waals surface area contributed by atoms with E-state index in [-0.39, 0.29) is 0 Å². The summed E-state index contributed by atoms with van der Waals surface area (Å²) in [5, 5.41) is 0.307. The lowest BCUT2D eigenvalue weighted by Crippen LogP contribution is -2.25. The summed E-state index contributed by atoms with van der Waals surface area (Å²) >= 11 is 1.84. The van der Waals surface area contributed by atoms with Crippen molar-refractivity contribution in [2.45, 2.75) is 16.6 Å². The van der Waals surface area contributed by atoms with Crippen LogP contribution in [0.5, 0.6) is 0 Å². The predicted molar refractivity (Wildman–Crippen MR) is 82.8 cm³/mol. The van der Waals surface area contributed by atoms with Crippen molar-refractivity contribution in [2.75, 3.05) is 13.1 Å². The quantitative estimate of drug-likeness (QED) is 0.803. The Morgan fingerprint density at radius 3 is 2.60 bits per heavy atom. The molecule has 2 nitrogen and oxygen atoms in total. The van der Waals surface area contributed by atoms with E-state index in [2.05, 4.69) is 48.5 Å². The van der Waals surface area contributed by atoms with Crippen LogP contribution in [0.1, 0.15) is 16.4 Å². The van der Waals surface area contributed by atoms with Crippen LogP contribution in [-0.2, 0) is 11.2 Å². The first-order valence-corrected chi connectivity index (χ1v) is 7.73. The van der Waals surface area contributed by atoms with Gasteiger partial charge in [-0.25, -0.2) is 0 Å². The molecule has 0 saturated carbocycles. The third-order valence-corrected chi connectivity index (χ3v) is 4.87. The number of hydrogen-bond donors (Lipinski definition) is 0. The molecule has 1 atom stereocenters. The van der Waals surface area contributed by atoms with Crippen molar-refractivity contribution in [1.82, 2.24) is 4.90 Å². The smallest absolute Gasteiger partial charge is 0.209 e. The zero-order chi connectivity index (χ0) is 13.8. The Bertz CT molecular complexity index is 585. The minimum absolute atomic E-state index is 0.307. The molecule has 0 aliphatic carbocycles. The highest BCUT2D eigenvalue weighted by Gasteiger charge is 2.22. The molecule has 3 heteroatoms. The highest BCUT2D eigenvalue weighted by atomic mass is 32.2. The number of amides is 1. The van der Waals surface area contributed by atoms with E-state index in [1.807, 2.05) is 22.7 Å². The number of rotatable bonds is 3. The number of fused-ring (bicyclic) bond motifs is 1. The molecule has 3 rings (SSSR count). The van der Waals surface area contributed by atoms with Gasteiger partial charge in [-0.15, -0.1) is 11.8 Å². The summed E-state index contributed by atoms with van der Waals surface area (Å²) in [6.07, 6.45) is 1.92. The molecular formula is C17H17NOS. The minimum Gasteiger partial charge on any atom is -0.343 e. The molecule has 0 spiro atoms.